The molecule has 0 bridgehead atoms. The van der Waals surface area contributed by atoms with Crippen LogP contribution in [0.5, 0.6) is 11.5 Å². The van der Waals surface area contributed by atoms with Gasteiger partial charge >= 0.3 is 6.01 Å². The van der Waals surface area contributed by atoms with Gasteiger partial charge in [-0.3, -0.25) is 15.4 Å². The molecule has 0 radical (unpaired) electrons. The van der Waals surface area contributed by atoms with Crippen LogP contribution in [0.3, 0.4) is 0 Å². The van der Waals surface area contributed by atoms with Crippen LogP contribution in [0.1, 0.15) is 0 Å². The van der Waals surface area contributed by atoms with Crippen molar-refractivity contribution >= 4 is 49.5 Å². The predicted molar refractivity (Wildman–Crippen MR) is 96.7 cm³/mol. The Bertz CT molecular complexity index is 1140. The molecule has 26 heavy (non-hydrogen) atoms. The second-order valence-corrected chi connectivity index (χ2v) is 6.28. The smallest absolute Gasteiger partial charge is 0.302 e. The Labute approximate surface area is 150 Å². The van der Waals surface area contributed by atoms with Gasteiger partial charge in [0.2, 0.25) is 0 Å². The van der Waals surface area contributed by atoms with Crippen LogP contribution in [0, 0.1) is 10.1 Å². The van der Waals surface area contributed by atoms with Crippen molar-refractivity contribution in [2.45, 2.75) is 0 Å². The van der Waals surface area contributed by atoms with E-state index in [0.29, 0.717) is 37.9 Å². The molecular formula is C16H12N4O5S. The fourth-order valence-corrected chi connectivity index (χ4v) is 3.38. The number of rotatable bonds is 5. The number of oxazole rings is 1. The summed E-state index contributed by atoms with van der Waals surface area (Å²) in [5.74, 6) is 1.01. The van der Waals surface area contributed by atoms with Crippen LogP contribution in [0.25, 0.3) is 21.3 Å². The molecule has 0 aliphatic heterocycles. The summed E-state index contributed by atoms with van der Waals surface area (Å²) in [5, 5.41) is 14.5. The van der Waals surface area contributed by atoms with Crippen LogP contribution in [0.4, 0.5) is 16.8 Å². The molecule has 0 saturated heterocycles. The summed E-state index contributed by atoms with van der Waals surface area (Å²) in [5.41, 5.74) is 1.71. The molecule has 2 aromatic carbocycles. The number of nitro benzene ring substituents is 1. The van der Waals surface area contributed by atoms with Crippen LogP contribution >= 0.6 is 11.3 Å². The Balaban J connectivity index is 1.72. The lowest BCUT2D eigenvalue weighted by atomic mass is 10.3. The highest BCUT2D eigenvalue weighted by molar-refractivity contribution is 7.22. The van der Waals surface area contributed by atoms with E-state index in [4.69, 9.17) is 13.9 Å². The second kappa shape index (κ2) is 6.15. The molecule has 0 saturated carbocycles. The van der Waals surface area contributed by atoms with Gasteiger partial charge in [0.1, 0.15) is 16.8 Å². The highest BCUT2D eigenvalue weighted by Crippen LogP contribution is 2.37. The van der Waals surface area contributed by atoms with Gasteiger partial charge < -0.3 is 13.9 Å². The average molecular weight is 372 g/mol. The summed E-state index contributed by atoms with van der Waals surface area (Å²) < 4.78 is 16.6. The highest BCUT2D eigenvalue weighted by Gasteiger charge is 2.17. The molecule has 0 aliphatic rings. The van der Waals surface area contributed by atoms with Crippen molar-refractivity contribution < 1.29 is 18.8 Å². The summed E-state index contributed by atoms with van der Waals surface area (Å²) in [6.45, 7) is 0. The topological polar surface area (TPSA) is 113 Å². The molecular weight excluding hydrogens is 360 g/mol. The first-order valence-electron chi connectivity index (χ1n) is 7.42. The molecule has 0 fully saturated rings. The molecule has 9 nitrogen and oxygen atoms in total. The van der Waals surface area contributed by atoms with Gasteiger partial charge in [-0.15, -0.1) is 0 Å². The number of hydrogen-bond acceptors (Lipinski definition) is 9. The van der Waals surface area contributed by atoms with Crippen molar-refractivity contribution in [2.75, 3.05) is 19.5 Å². The molecule has 2 heterocycles. The molecule has 4 rings (SSSR count). The molecule has 0 amide bonds. The maximum Gasteiger partial charge on any atom is 0.302 e. The first-order valence-corrected chi connectivity index (χ1v) is 8.23. The predicted octanol–water partition coefficient (Wildman–Crippen LogP) is 4.11. The Morgan fingerprint density at radius 2 is 2.04 bits per heavy atom. The van der Waals surface area contributed by atoms with E-state index in [9.17, 15) is 10.1 Å². The molecule has 0 atom stereocenters. The minimum Gasteiger partial charge on any atom is -0.497 e. The number of thiazole rings is 1. The second-order valence-electron chi connectivity index (χ2n) is 5.25. The number of methoxy groups -OCH3 is 2. The average Bonchev–Trinajstić information content (AvgIpc) is 3.22. The zero-order chi connectivity index (χ0) is 18.3. The Hall–Kier alpha value is -3.40. The number of anilines is 2. The van der Waals surface area contributed by atoms with E-state index in [2.05, 4.69) is 15.3 Å². The fourth-order valence-electron chi connectivity index (χ4n) is 2.48. The lowest BCUT2D eigenvalue weighted by Gasteiger charge is -1.99. The Morgan fingerprint density at radius 1 is 1.19 bits per heavy atom. The summed E-state index contributed by atoms with van der Waals surface area (Å²) in [4.78, 5) is 19.3. The van der Waals surface area contributed by atoms with Crippen molar-refractivity contribution in [1.29, 1.82) is 0 Å². The first-order chi connectivity index (χ1) is 12.6. The number of hydrogen-bond donors (Lipinski definition) is 1. The molecule has 0 spiro atoms. The zero-order valence-electron chi connectivity index (χ0n) is 13.7. The number of nitrogens with zero attached hydrogens (tertiary/aromatic N) is 3. The summed E-state index contributed by atoms with van der Waals surface area (Å²) >= 11 is 1.24. The van der Waals surface area contributed by atoms with Crippen LogP contribution in [0.15, 0.2) is 34.7 Å². The number of ether oxygens (including phenoxy) is 2. The summed E-state index contributed by atoms with van der Waals surface area (Å²) in [6.07, 6.45) is 0. The molecule has 132 valence electrons. The molecule has 10 heteroatoms. The third kappa shape index (κ3) is 2.75. The fraction of sp³-hybridized carbons (Fsp3) is 0.125. The monoisotopic (exact) mass is 372 g/mol. The Morgan fingerprint density at radius 3 is 2.77 bits per heavy atom. The van der Waals surface area contributed by atoms with Gasteiger partial charge in [0.25, 0.3) is 5.69 Å². The normalized spacial score (nSPS) is 11.0. The van der Waals surface area contributed by atoms with Gasteiger partial charge in [-0.1, -0.05) is 11.3 Å². The molecule has 2 aromatic heterocycles. The summed E-state index contributed by atoms with van der Waals surface area (Å²) in [6, 6.07) is 8.36. The largest absolute Gasteiger partial charge is 0.497 e. The third-order valence-corrected chi connectivity index (χ3v) is 4.60. The molecule has 1 N–H and O–H groups in total. The number of benzene rings is 2. The summed E-state index contributed by atoms with van der Waals surface area (Å²) in [7, 11) is 3.02. The van der Waals surface area contributed by atoms with E-state index in [1.165, 1.54) is 30.6 Å². The van der Waals surface area contributed by atoms with Gasteiger partial charge in [-0.2, -0.15) is 4.98 Å². The zero-order valence-corrected chi connectivity index (χ0v) is 14.5. The van der Waals surface area contributed by atoms with Crippen molar-refractivity contribution in [3.63, 3.8) is 0 Å². The number of nitro groups is 1. The number of non-ortho nitro benzene ring substituents is 1. The highest BCUT2D eigenvalue weighted by atomic mass is 32.1. The van der Waals surface area contributed by atoms with Crippen LogP contribution in [0.2, 0.25) is 0 Å². The van der Waals surface area contributed by atoms with Crippen LogP contribution < -0.4 is 14.8 Å². The molecule has 0 aliphatic carbocycles. The van der Waals surface area contributed by atoms with Crippen molar-refractivity contribution in [3.05, 3.63) is 40.4 Å². The van der Waals surface area contributed by atoms with Gasteiger partial charge in [-0.25, -0.2) is 4.98 Å². The van der Waals surface area contributed by atoms with Crippen molar-refractivity contribution in [3.8, 4) is 11.5 Å². The SMILES string of the molecule is COc1ccc2oc(Nc3nc4c(OC)cc([N+](=O)[O-])cc4s3)nc2c1. The Kier molecular flexibility index (Phi) is 3.81. The lowest BCUT2D eigenvalue weighted by Crippen LogP contribution is -1.91. The van der Waals surface area contributed by atoms with E-state index in [-0.39, 0.29) is 11.7 Å². The van der Waals surface area contributed by atoms with E-state index >= 15 is 0 Å². The van der Waals surface area contributed by atoms with Crippen molar-refractivity contribution in [2.24, 2.45) is 0 Å². The third-order valence-electron chi connectivity index (χ3n) is 3.68. The molecule has 0 unspecified atom stereocenters. The first kappa shape index (κ1) is 16.1. The minimum atomic E-state index is -0.469. The number of fused-ring (bicyclic) bond motifs is 2. The number of aromatic nitrogens is 2. The quantitative estimate of drug-likeness (QED) is 0.411. The standard InChI is InChI=1S/C16H12N4O5S/c1-23-9-3-4-11-10(7-9)17-15(25-11)19-16-18-14-12(24-2)5-8(20(21)22)6-13(14)26-16/h3-7H,1-2H3,(H,17,18,19). The van der Waals surface area contributed by atoms with E-state index in [1.54, 1.807) is 25.3 Å². The van der Waals surface area contributed by atoms with E-state index in [0.717, 1.165) is 0 Å². The lowest BCUT2D eigenvalue weighted by molar-refractivity contribution is -0.384. The van der Waals surface area contributed by atoms with Crippen LogP contribution in [-0.4, -0.2) is 29.1 Å². The van der Waals surface area contributed by atoms with Crippen LogP contribution in [-0.2, 0) is 0 Å². The number of nitrogens with one attached hydrogen (secondary N) is 1. The van der Waals surface area contributed by atoms with Gasteiger partial charge in [0.05, 0.1) is 29.9 Å². The van der Waals surface area contributed by atoms with Crippen molar-refractivity contribution in [1.82, 2.24) is 9.97 Å². The molecule has 4 aromatic rings. The minimum absolute atomic E-state index is 0.0569. The van der Waals surface area contributed by atoms with Gasteiger partial charge in [0.15, 0.2) is 16.5 Å². The van der Waals surface area contributed by atoms with Gasteiger partial charge in [0, 0.05) is 12.1 Å². The maximum atomic E-state index is 11.0. The van der Waals surface area contributed by atoms with Gasteiger partial charge in [-0.05, 0) is 12.1 Å². The van der Waals surface area contributed by atoms with E-state index in [1.807, 2.05) is 0 Å². The maximum absolute atomic E-state index is 11.0. The van der Waals surface area contributed by atoms with E-state index < -0.39 is 4.92 Å².